The molecule has 1 heterocycles. The Morgan fingerprint density at radius 1 is 1.05 bits per heavy atom. The maximum atomic E-state index is 11.3. The van der Waals surface area contributed by atoms with E-state index in [-0.39, 0.29) is 0 Å². The highest BCUT2D eigenvalue weighted by molar-refractivity contribution is 6.30. The molecule has 0 aromatic heterocycles. The Kier molecular flexibility index (Phi) is 3.75. The van der Waals surface area contributed by atoms with Crippen LogP contribution in [0.15, 0.2) is 42.5 Å². The fraction of sp³-hybridized carbons (Fsp3) is 0.235. The second-order valence-corrected chi connectivity index (χ2v) is 5.53. The number of carbonyl (C=O) groups excluding carboxylic acids is 1. The van der Waals surface area contributed by atoms with E-state index in [2.05, 4.69) is 11.0 Å². The molecule has 1 aliphatic heterocycles. The zero-order valence-electron chi connectivity index (χ0n) is 11.2. The fourth-order valence-corrected chi connectivity index (χ4v) is 2.92. The summed E-state index contributed by atoms with van der Waals surface area (Å²) in [6.07, 6.45) is 3.38. The molecule has 102 valence electrons. The van der Waals surface area contributed by atoms with Crippen molar-refractivity contribution in [1.29, 1.82) is 0 Å². The third-order valence-corrected chi connectivity index (χ3v) is 4.01. The number of nitrogens with zero attached hydrogens (tertiary/aromatic N) is 1. The third-order valence-electron chi connectivity index (χ3n) is 3.77. The lowest BCUT2D eigenvalue weighted by Crippen LogP contribution is -2.17. The minimum absolute atomic E-state index is 0.686. The number of halogens is 1. The Morgan fingerprint density at radius 3 is 2.55 bits per heavy atom. The van der Waals surface area contributed by atoms with Crippen molar-refractivity contribution in [3.8, 4) is 11.1 Å². The molecule has 0 N–H and O–H groups in total. The zero-order chi connectivity index (χ0) is 13.9. The predicted octanol–water partition coefficient (Wildman–Crippen LogP) is 4.42. The van der Waals surface area contributed by atoms with E-state index in [4.69, 9.17) is 11.6 Å². The molecule has 0 bridgehead atoms. The topological polar surface area (TPSA) is 20.3 Å². The van der Waals surface area contributed by atoms with Crippen LogP contribution in [0, 0.1) is 0 Å². The van der Waals surface area contributed by atoms with Crippen LogP contribution in [-0.4, -0.2) is 19.4 Å². The van der Waals surface area contributed by atoms with Crippen molar-refractivity contribution in [2.45, 2.75) is 12.8 Å². The van der Waals surface area contributed by atoms with Gasteiger partial charge < -0.3 is 4.90 Å². The maximum absolute atomic E-state index is 11.3. The lowest BCUT2D eigenvalue weighted by molar-refractivity contribution is 0.112. The van der Waals surface area contributed by atoms with Crippen molar-refractivity contribution in [3.63, 3.8) is 0 Å². The largest absolute Gasteiger partial charge is 0.372 e. The van der Waals surface area contributed by atoms with Gasteiger partial charge in [-0.1, -0.05) is 23.7 Å². The highest BCUT2D eigenvalue weighted by Crippen LogP contribution is 2.30. The third kappa shape index (κ3) is 2.56. The van der Waals surface area contributed by atoms with E-state index < -0.39 is 0 Å². The van der Waals surface area contributed by atoms with Gasteiger partial charge in [0.15, 0.2) is 6.29 Å². The lowest BCUT2D eigenvalue weighted by Gasteiger charge is -2.19. The molecule has 3 rings (SSSR count). The first-order chi connectivity index (χ1) is 9.78. The monoisotopic (exact) mass is 285 g/mol. The molecule has 0 aliphatic carbocycles. The number of anilines is 1. The van der Waals surface area contributed by atoms with E-state index in [0.29, 0.717) is 10.6 Å². The molecule has 20 heavy (non-hydrogen) atoms. The molecule has 0 radical (unpaired) electrons. The Labute approximate surface area is 124 Å². The highest BCUT2D eigenvalue weighted by atomic mass is 35.5. The summed E-state index contributed by atoms with van der Waals surface area (Å²) >= 11 is 6.06. The molecule has 1 aliphatic rings. The first-order valence-corrected chi connectivity index (χ1v) is 7.26. The van der Waals surface area contributed by atoms with E-state index in [1.165, 1.54) is 18.5 Å². The van der Waals surface area contributed by atoms with Crippen LogP contribution >= 0.6 is 11.6 Å². The van der Waals surface area contributed by atoms with E-state index in [0.717, 1.165) is 30.5 Å². The molecule has 2 aromatic carbocycles. The Morgan fingerprint density at radius 2 is 1.85 bits per heavy atom. The van der Waals surface area contributed by atoms with Gasteiger partial charge in [0.1, 0.15) is 0 Å². The number of hydrogen-bond donors (Lipinski definition) is 0. The quantitative estimate of drug-likeness (QED) is 0.778. The average molecular weight is 286 g/mol. The van der Waals surface area contributed by atoms with Gasteiger partial charge in [-0.2, -0.15) is 0 Å². The molecule has 0 spiro atoms. The summed E-state index contributed by atoms with van der Waals surface area (Å²) in [6, 6.07) is 13.7. The van der Waals surface area contributed by atoms with Crippen molar-refractivity contribution >= 4 is 23.6 Å². The van der Waals surface area contributed by atoms with Gasteiger partial charge in [-0.25, -0.2) is 0 Å². The lowest BCUT2D eigenvalue weighted by atomic mass is 9.99. The van der Waals surface area contributed by atoms with Crippen LogP contribution in [0.5, 0.6) is 0 Å². The number of benzene rings is 2. The number of carbonyl (C=O) groups is 1. The Bertz CT molecular complexity index is 633. The van der Waals surface area contributed by atoms with Crippen molar-refractivity contribution in [2.24, 2.45) is 0 Å². The van der Waals surface area contributed by atoms with Crippen molar-refractivity contribution in [3.05, 3.63) is 53.1 Å². The number of rotatable bonds is 3. The van der Waals surface area contributed by atoms with Crippen LogP contribution in [0.1, 0.15) is 23.2 Å². The molecule has 2 aromatic rings. The summed E-state index contributed by atoms with van der Waals surface area (Å²) in [5.74, 6) is 0. The van der Waals surface area contributed by atoms with Gasteiger partial charge >= 0.3 is 0 Å². The molecule has 0 amide bonds. The summed E-state index contributed by atoms with van der Waals surface area (Å²) < 4.78 is 0. The van der Waals surface area contributed by atoms with Crippen LogP contribution in [0.2, 0.25) is 5.02 Å². The van der Waals surface area contributed by atoms with Crippen molar-refractivity contribution in [2.75, 3.05) is 18.0 Å². The highest BCUT2D eigenvalue weighted by Gasteiger charge is 2.14. The molecule has 0 saturated carbocycles. The SMILES string of the molecule is O=Cc1ccc(N2CCCC2)cc1-c1cccc(Cl)c1. The van der Waals surface area contributed by atoms with Crippen LogP contribution in [0.3, 0.4) is 0 Å². The minimum Gasteiger partial charge on any atom is -0.372 e. The second kappa shape index (κ2) is 5.68. The molecule has 2 nitrogen and oxygen atoms in total. The first-order valence-electron chi connectivity index (χ1n) is 6.88. The van der Waals surface area contributed by atoms with Crippen LogP contribution in [-0.2, 0) is 0 Å². The van der Waals surface area contributed by atoms with Gasteiger partial charge in [0.25, 0.3) is 0 Å². The first kappa shape index (κ1) is 13.2. The van der Waals surface area contributed by atoms with Crippen molar-refractivity contribution in [1.82, 2.24) is 0 Å². The van der Waals surface area contributed by atoms with Crippen molar-refractivity contribution < 1.29 is 4.79 Å². The smallest absolute Gasteiger partial charge is 0.150 e. The summed E-state index contributed by atoms with van der Waals surface area (Å²) in [7, 11) is 0. The van der Waals surface area contributed by atoms with Crippen LogP contribution < -0.4 is 4.90 Å². The van der Waals surface area contributed by atoms with Gasteiger partial charge in [0, 0.05) is 29.4 Å². The summed E-state index contributed by atoms with van der Waals surface area (Å²) in [5.41, 5.74) is 3.82. The maximum Gasteiger partial charge on any atom is 0.150 e. The average Bonchev–Trinajstić information content (AvgIpc) is 3.01. The summed E-state index contributed by atoms with van der Waals surface area (Å²) in [6.45, 7) is 2.19. The van der Waals surface area contributed by atoms with Gasteiger partial charge in [-0.3, -0.25) is 4.79 Å². The van der Waals surface area contributed by atoms with E-state index in [1.807, 2.05) is 36.4 Å². The molecular formula is C17H16ClNO. The van der Waals surface area contributed by atoms with E-state index in [1.54, 1.807) is 0 Å². The Balaban J connectivity index is 2.07. The zero-order valence-corrected chi connectivity index (χ0v) is 11.9. The molecule has 0 atom stereocenters. The van der Waals surface area contributed by atoms with Crippen LogP contribution in [0.4, 0.5) is 5.69 Å². The molecule has 0 unspecified atom stereocenters. The molecule has 1 fully saturated rings. The second-order valence-electron chi connectivity index (χ2n) is 5.09. The normalized spacial score (nSPS) is 14.6. The predicted molar refractivity (Wildman–Crippen MR) is 83.7 cm³/mol. The van der Waals surface area contributed by atoms with Gasteiger partial charge in [-0.15, -0.1) is 0 Å². The molecule has 1 saturated heterocycles. The minimum atomic E-state index is 0.686. The van der Waals surface area contributed by atoms with Gasteiger partial charge in [-0.05, 0) is 54.3 Å². The Hall–Kier alpha value is -1.80. The molecular weight excluding hydrogens is 270 g/mol. The summed E-state index contributed by atoms with van der Waals surface area (Å²) in [5, 5.41) is 0.686. The standard InChI is InChI=1S/C17H16ClNO/c18-15-5-3-4-13(10-15)17-11-16(7-6-14(17)12-20)19-8-1-2-9-19/h3-7,10-12H,1-2,8-9H2. The van der Waals surface area contributed by atoms with Gasteiger partial charge in [0.2, 0.25) is 0 Å². The van der Waals surface area contributed by atoms with E-state index >= 15 is 0 Å². The fourth-order valence-electron chi connectivity index (χ4n) is 2.73. The summed E-state index contributed by atoms with van der Waals surface area (Å²) in [4.78, 5) is 13.6. The molecule has 3 heteroatoms. The number of hydrogen-bond acceptors (Lipinski definition) is 2. The number of aldehydes is 1. The van der Waals surface area contributed by atoms with Gasteiger partial charge in [0.05, 0.1) is 0 Å². The van der Waals surface area contributed by atoms with E-state index in [9.17, 15) is 4.79 Å². The van der Waals surface area contributed by atoms with Crippen LogP contribution in [0.25, 0.3) is 11.1 Å².